The SMILES string of the molecule is Nc1cc(NCC(=O)O)ccc1N=Nc1ccc2cc(S(=O)(=O)O)c(N=Nc3ccc(Nc4ccc(N=Nc5c(S(=O)(=O)O)cc6ccc(N=Nc7ccc(NCC(=O)O)cc7N)cc6c5O)cc4S(=O)(=O)O)cc3)c(O)c2c1.[Na].[Na].[Na].[Na].[Na]. The molecule has 0 saturated carbocycles. The van der Waals surface area contributed by atoms with E-state index in [1.54, 1.807) is 0 Å². The Labute approximate surface area is 587 Å². The molecular weight excluding hydrogens is 1210 g/mol. The fraction of sp³-hybridized carbons (Fsp3) is 0.0417. The number of nitrogens with two attached hydrogens (primary N) is 2. The first-order chi connectivity index (χ1) is 37.3. The van der Waals surface area contributed by atoms with E-state index in [4.69, 9.17) is 21.7 Å². The predicted octanol–water partition coefficient (Wildman–Crippen LogP) is 8.80. The molecule has 8 aromatic carbocycles. The molecule has 0 unspecified atom stereocenters. The first-order valence-corrected chi connectivity index (χ1v) is 26.5. The van der Waals surface area contributed by atoms with E-state index in [0.29, 0.717) is 11.4 Å². The van der Waals surface area contributed by atoms with Crippen molar-refractivity contribution in [3.63, 3.8) is 0 Å². The first-order valence-electron chi connectivity index (χ1n) is 22.2. The summed E-state index contributed by atoms with van der Waals surface area (Å²) < 4.78 is 106. The number of carboxylic acids is 2. The number of hydrogen-bond acceptors (Lipinski definition) is 23. The van der Waals surface area contributed by atoms with Crippen molar-refractivity contribution in [3.05, 3.63) is 127 Å². The molecule has 0 amide bonds. The van der Waals surface area contributed by atoms with Gasteiger partial charge in [0.05, 0.1) is 39.8 Å². The van der Waals surface area contributed by atoms with Crippen molar-refractivity contribution in [3.8, 4) is 11.5 Å². The Hall–Kier alpha value is -5.05. The zero-order valence-electron chi connectivity index (χ0n) is 44.9. The van der Waals surface area contributed by atoms with Crippen LogP contribution in [0.5, 0.6) is 11.5 Å². The van der Waals surface area contributed by atoms with Crippen molar-refractivity contribution in [1.29, 1.82) is 0 Å². The third-order valence-electron chi connectivity index (χ3n) is 11.0. The molecule has 8 rings (SSSR count). The summed E-state index contributed by atoms with van der Waals surface area (Å²) in [5.41, 5.74) is 12.3. The minimum absolute atomic E-state index is 0. The van der Waals surface area contributed by atoms with Gasteiger partial charge in [0.25, 0.3) is 30.4 Å². The van der Waals surface area contributed by atoms with Crippen LogP contribution in [0.3, 0.4) is 0 Å². The van der Waals surface area contributed by atoms with Gasteiger partial charge in [0.15, 0.2) is 11.5 Å². The molecule has 0 spiro atoms. The molecule has 0 aliphatic rings. The third kappa shape index (κ3) is 18.7. The molecule has 0 atom stereocenters. The molecule has 28 nitrogen and oxygen atoms in total. The van der Waals surface area contributed by atoms with Gasteiger partial charge in [-0.05, 0) is 126 Å². The van der Waals surface area contributed by atoms with E-state index in [1.807, 2.05) is 0 Å². The summed E-state index contributed by atoms with van der Waals surface area (Å²) in [6.07, 6.45) is 0. The minimum Gasteiger partial charge on any atom is -0.505 e. The van der Waals surface area contributed by atoms with Crippen LogP contribution in [-0.2, 0) is 39.9 Å². The fourth-order valence-corrected chi connectivity index (χ4v) is 9.31. The number of hydrogen-bond donors (Lipinski definition) is 12. The maximum absolute atomic E-state index is 12.7. The van der Waals surface area contributed by atoms with Gasteiger partial charge < -0.3 is 47.8 Å². The molecule has 36 heteroatoms. The van der Waals surface area contributed by atoms with E-state index in [0.717, 1.165) is 18.2 Å². The van der Waals surface area contributed by atoms with Crippen LogP contribution in [0.4, 0.5) is 79.6 Å². The molecule has 0 aromatic heterocycles. The van der Waals surface area contributed by atoms with Crippen LogP contribution < -0.4 is 27.4 Å². The van der Waals surface area contributed by atoms with Crippen LogP contribution in [0.1, 0.15) is 0 Å². The van der Waals surface area contributed by atoms with Crippen molar-refractivity contribution in [2.45, 2.75) is 14.7 Å². The molecule has 0 fully saturated rings. The van der Waals surface area contributed by atoms with Crippen LogP contribution >= 0.6 is 0 Å². The molecule has 0 bridgehead atoms. The molecule has 14 N–H and O–H groups in total. The first kappa shape index (κ1) is 73.2. The zero-order chi connectivity index (χ0) is 57.0. The van der Waals surface area contributed by atoms with E-state index in [2.05, 4.69) is 56.9 Å². The van der Waals surface area contributed by atoms with Crippen molar-refractivity contribution in [2.24, 2.45) is 40.9 Å². The molecular formula is C48H39N13Na5O15S3. The predicted molar refractivity (Wildman–Crippen MR) is 316 cm³/mol. The fourth-order valence-electron chi connectivity index (χ4n) is 7.33. The number of carbonyl (C=O) groups is 2. The number of aliphatic carboxylic acids is 2. The number of phenolic OH excluding ortho intramolecular Hbond substituents is 2. The number of nitrogens with zero attached hydrogens (tertiary/aromatic N) is 8. The van der Waals surface area contributed by atoms with E-state index in [1.165, 1.54) is 109 Å². The number of anilines is 6. The summed E-state index contributed by atoms with van der Waals surface area (Å²) in [6, 6.07) is 28.0. The van der Waals surface area contributed by atoms with Crippen LogP contribution in [0.15, 0.2) is 183 Å². The van der Waals surface area contributed by atoms with Crippen molar-refractivity contribution in [2.75, 3.05) is 40.5 Å². The number of nitrogen functional groups attached to an aromatic ring is 2. The Balaban J connectivity index is 0.00000370. The second-order valence-corrected chi connectivity index (χ2v) is 20.7. The smallest absolute Gasteiger partial charge is 0.322 e. The number of aromatic hydroxyl groups is 2. The van der Waals surface area contributed by atoms with Gasteiger partial charge in [-0.3, -0.25) is 23.2 Å². The zero-order valence-corrected chi connectivity index (χ0v) is 57.3. The van der Waals surface area contributed by atoms with Gasteiger partial charge in [0.1, 0.15) is 50.5 Å². The number of azo groups is 4. The molecule has 0 heterocycles. The molecule has 0 saturated heterocycles. The van der Waals surface area contributed by atoms with Crippen LogP contribution in [-0.4, -0.2) is 232 Å². The maximum atomic E-state index is 12.7. The van der Waals surface area contributed by atoms with Crippen LogP contribution in [0.2, 0.25) is 0 Å². The summed E-state index contributed by atoms with van der Waals surface area (Å²) in [7, 11) is -15.1. The summed E-state index contributed by atoms with van der Waals surface area (Å²) >= 11 is 0. The van der Waals surface area contributed by atoms with Gasteiger partial charge in [0.2, 0.25) is 0 Å². The Morgan fingerprint density at radius 2 is 0.774 bits per heavy atom. The largest absolute Gasteiger partial charge is 0.505 e. The van der Waals surface area contributed by atoms with Crippen molar-refractivity contribution in [1.82, 2.24) is 0 Å². The van der Waals surface area contributed by atoms with Gasteiger partial charge in [-0.2, -0.15) is 45.7 Å². The second-order valence-electron chi connectivity index (χ2n) is 16.6. The Morgan fingerprint density at radius 3 is 1.17 bits per heavy atom. The van der Waals surface area contributed by atoms with Gasteiger partial charge >= 0.3 is 11.9 Å². The standard InChI is InChI=1S/C48H39N13O15S3.5Na/c49-35-19-28(51-22-43(62)63)9-12-37(35)58-55-30-3-1-24-15-41(78(71,72)73)45(47(66)33(24)17-30)60-54-27-7-5-26(6-8-27)53-39-14-11-32(21-40(39)77(68,69)70)57-61-46-42(79(74,75)76)16-25-2-4-31(18-34(25)48(46)67)56-59-38-13-10-29(20-36(38)50)52-23-44(64)65;;;;;/h1-21,51-53,66-67H,22-23,49-50H2,(H,62,63)(H,64,65)(H,68,69,70)(H,71,72,73)(H,74,75,76);;;;;. The molecule has 0 aliphatic heterocycles. The average molecular weight is 1250 g/mol. The topological polar surface area (TPSA) is 465 Å². The molecule has 84 heavy (non-hydrogen) atoms. The minimum atomic E-state index is -5.08. The quantitative estimate of drug-likeness (QED) is 0.0156. The molecule has 0 aliphatic carbocycles. The van der Waals surface area contributed by atoms with E-state index >= 15 is 0 Å². The Bertz CT molecular complexity index is 4300. The average Bonchev–Trinajstić information content (AvgIpc) is 2.37. The van der Waals surface area contributed by atoms with E-state index in [9.17, 15) is 58.7 Å². The number of benzene rings is 8. The van der Waals surface area contributed by atoms with Gasteiger partial charge in [0, 0.05) is 176 Å². The Morgan fingerprint density at radius 1 is 0.417 bits per heavy atom. The number of fused-ring (bicyclic) bond motifs is 2. The summed E-state index contributed by atoms with van der Waals surface area (Å²) in [5, 5.41) is 81.0. The number of nitrogens with one attached hydrogen (secondary N) is 3. The third-order valence-corrected chi connectivity index (χ3v) is 13.7. The van der Waals surface area contributed by atoms with Crippen molar-refractivity contribution >= 4 is 291 Å². The normalized spacial score (nSPS) is 11.6. The molecule has 5 radical (unpaired) electrons. The summed E-state index contributed by atoms with van der Waals surface area (Å²) in [6.45, 7) is -0.701. The summed E-state index contributed by atoms with van der Waals surface area (Å²) in [5.74, 6) is -3.67. The summed E-state index contributed by atoms with van der Waals surface area (Å²) in [4.78, 5) is 19.4. The number of carboxylic acid groups (broad SMARTS) is 2. The van der Waals surface area contributed by atoms with Gasteiger partial charge in [-0.1, -0.05) is 12.1 Å². The monoisotopic (exact) mass is 1250 g/mol. The van der Waals surface area contributed by atoms with Crippen LogP contribution in [0, 0.1) is 0 Å². The molecule has 8 aromatic rings. The maximum Gasteiger partial charge on any atom is 0.322 e. The van der Waals surface area contributed by atoms with Gasteiger partial charge in [-0.15, -0.1) is 20.5 Å². The second kappa shape index (κ2) is 31.0. The van der Waals surface area contributed by atoms with E-state index < -0.39 is 79.9 Å². The Kier molecular flexibility index (Phi) is 27.0. The number of rotatable bonds is 19. The molecule has 409 valence electrons. The van der Waals surface area contributed by atoms with Crippen molar-refractivity contribution < 1.29 is 68.9 Å². The van der Waals surface area contributed by atoms with Gasteiger partial charge in [-0.25, -0.2) is 0 Å². The van der Waals surface area contributed by atoms with E-state index in [-0.39, 0.29) is 239 Å². The number of phenols is 2. The van der Waals surface area contributed by atoms with Crippen LogP contribution in [0.25, 0.3) is 21.5 Å².